The summed E-state index contributed by atoms with van der Waals surface area (Å²) in [5, 5.41) is 16.0. The van der Waals surface area contributed by atoms with Gasteiger partial charge in [0.25, 0.3) is 0 Å². The van der Waals surface area contributed by atoms with Crippen LogP contribution < -0.4 is 5.30 Å². The van der Waals surface area contributed by atoms with Gasteiger partial charge in [-0.15, -0.1) is 0 Å². The van der Waals surface area contributed by atoms with E-state index in [4.69, 9.17) is 10.2 Å². The van der Waals surface area contributed by atoms with E-state index < -0.39 is 35.8 Å². The van der Waals surface area contributed by atoms with Gasteiger partial charge in [0.2, 0.25) is 0 Å². The van der Waals surface area contributed by atoms with Crippen molar-refractivity contribution in [2.45, 2.75) is 11.8 Å². The van der Waals surface area contributed by atoms with Gasteiger partial charge in [0.15, 0.2) is 0 Å². The molecule has 1 aromatic rings. The van der Waals surface area contributed by atoms with Gasteiger partial charge in [0.05, 0.1) is 5.30 Å². The van der Waals surface area contributed by atoms with Crippen LogP contribution in [0.5, 0.6) is 11.5 Å². The molecule has 0 saturated heterocycles. The van der Waals surface area contributed by atoms with Gasteiger partial charge in [-0.2, -0.15) is 26.3 Å². The van der Waals surface area contributed by atoms with Gasteiger partial charge in [-0.3, -0.25) is 4.57 Å². The third-order valence-corrected chi connectivity index (χ3v) is 4.50. The Balaban J connectivity index is 3.62. The minimum absolute atomic E-state index is 0.131. The van der Waals surface area contributed by atoms with E-state index >= 15 is 0 Å². The molecular formula is C8H5F6O3P. The summed E-state index contributed by atoms with van der Waals surface area (Å²) in [5.41, 5.74) is 0. The van der Waals surface area contributed by atoms with Crippen LogP contribution in [0.3, 0.4) is 0 Å². The third-order valence-electron chi connectivity index (χ3n) is 2.01. The lowest BCUT2D eigenvalue weighted by Gasteiger charge is -2.24. The van der Waals surface area contributed by atoms with Crippen LogP contribution in [-0.4, -0.2) is 22.0 Å². The quantitative estimate of drug-likeness (QED) is 0.618. The summed E-state index contributed by atoms with van der Waals surface area (Å²) in [5.74, 6) is -14.5. The van der Waals surface area contributed by atoms with Crippen molar-refractivity contribution in [3.8, 4) is 11.5 Å². The molecule has 1 aromatic carbocycles. The largest absolute Gasteiger partial charge is 0.508 e. The first-order chi connectivity index (χ1) is 7.91. The Morgan fingerprint density at radius 1 is 0.944 bits per heavy atom. The molecular weight excluding hydrogens is 289 g/mol. The lowest BCUT2D eigenvalue weighted by molar-refractivity contribution is -0.0914. The molecule has 1 rings (SSSR count). The van der Waals surface area contributed by atoms with E-state index in [1.54, 1.807) is 0 Å². The Hall–Kier alpha value is -1.37. The standard InChI is InChI=1S/C8H5F6O3P/c9-7(10,11)18(17,8(12,13)14)6-2-1-4(15)3-5(6)16/h1-3,15-16H. The van der Waals surface area contributed by atoms with E-state index in [1.807, 2.05) is 0 Å². The van der Waals surface area contributed by atoms with Crippen molar-refractivity contribution in [2.24, 2.45) is 0 Å². The minimum Gasteiger partial charge on any atom is -0.508 e. The van der Waals surface area contributed by atoms with Crippen LogP contribution in [0.25, 0.3) is 0 Å². The van der Waals surface area contributed by atoms with Crippen LogP contribution in [0, 0.1) is 0 Å². The number of phenols is 2. The highest BCUT2D eigenvalue weighted by Gasteiger charge is 2.69. The predicted molar refractivity (Wildman–Crippen MR) is 49.1 cm³/mol. The Labute approximate surface area is 96.0 Å². The minimum atomic E-state index is -6.86. The van der Waals surface area contributed by atoms with Gasteiger partial charge in [-0.25, -0.2) is 0 Å². The summed E-state index contributed by atoms with van der Waals surface area (Å²) < 4.78 is 85.8. The summed E-state index contributed by atoms with van der Waals surface area (Å²) >= 11 is 0. The smallest absolute Gasteiger partial charge is 0.453 e. The SMILES string of the molecule is O=P(c1ccc(O)cc1O)(C(F)(F)F)C(F)(F)F. The van der Waals surface area contributed by atoms with Crippen LogP contribution >= 0.6 is 7.14 Å². The highest BCUT2D eigenvalue weighted by molar-refractivity contribution is 7.73. The summed E-state index contributed by atoms with van der Waals surface area (Å²) in [4.78, 5) is 0. The molecule has 3 nitrogen and oxygen atoms in total. The van der Waals surface area contributed by atoms with Crippen LogP contribution in [0.2, 0.25) is 0 Å². The second-order valence-corrected chi connectivity index (χ2v) is 5.93. The van der Waals surface area contributed by atoms with E-state index in [0.29, 0.717) is 6.07 Å². The average Bonchev–Trinajstić information content (AvgIpc) is 2.12. The number of phenolic OH excluding ortho intramolecular Hbond substituents is 2. The molecule has 0 spiro atoms. The summed E-state index contributed by atoms with van der Waals surface area (Å²) in [6, 6.07) is 0.852. The number of hydrogen-bond donors (Lipinski definition) is 2. The molecule has 0 fully saturated rings. The Kier molecular flexibility index (Phi) is 3.33. The zero-order valence-electron chi connectivity index (χ0n) is 8.25. The van der Waals surface area contributed by atoms with Crippen LogP contribution in [0.1, 0.15) is 0 Å². The second-order valence-electron chi connectivity index (χ2n) is 3.22. The third kappa shape index (κ3) is 2.14. The van der Waals surface area contributed by atoms with Crippen molar-refractivity contribution in [3.05, 3.63) is 18.2 Å². The molecule has 0 heterocycles. The number of rotatable bonds is 1. The molecule has 10 heteroatoms. The maximum Gasteiger partial charge on any atom is 0.453 e. The number of halogens is 6. The highest BCUT2D eigenvalue weighted by atomic mass is 31.2. The van der Waals surface area contributed by atoms with E-state index in [-0.39, 0.29) is 12.1 Å². The molecule has 0 atom stereocenters. The highest BCUT2D eigenvalue weighted by Crippen LogP contribution is 2.71. The lowest BCUT2D eigenvalue weighted by atomic mass is 10.3. The van der Waals surface area contributed by atoms with E-state index in [1.165, 1.54) is 0 Å². The zero-order valence-corrected chi connectivity index (χ0v) is 9.14. The monoisotopic (exact) mass is 294 g/mol. The van der Waals surface area contributed by atoms with Crippen molar-refractivity contribution >= 4 is 12.4 Å². The molecule has 102 valence electrons. The van der Waals surface area contributed by atoms with Gasteiger partial charge < -0.3 is 10.2 Å². The summed E-state index contributed by atoms with van der Waals surface area (Å²) in [7, 11) is -6.86. The molecule has 0 amide bonds. The van der Waals surface area contributed by atoms with Gasteiger partial charge in [0, 0.05) is 6.07 Å². The fraction of sp³-hybridized carbons (Fsp3) is 0.250. The second kappa shape index (κ2) is 4.08. The topological polar surface area (TPSA) is 57.5 Å². The molecule has 0 unspecified atom stereocenters. The van der Waals surface area contributed by atoms with Crippen molar-refractivity contribution < 1.29 is 41.1 Å². The maximum absolute atomic E-state index is 12.4. The summed E-state index contributed by atoms with van der Waals surface area (Å²) in [6.07, 6.45) is 0. The fourth-order valence-electron chi connectivity index (χ4n) is 1.20. The van der Waals surface area contributed by atoms with Crippen LogP contribution in [-0.2, 0) is 4.57 Å². The molecule has 0 radical (unpaired) electrons. The van der Waals surface area contributed by atoms with E-state index in [9.17, 15) is 30.9 Å². The Morgan fingerprint density at radius 3 is 1.72 bits per heavy atom. The first kappa shape index (κ1) is 14.7. The van der Waals surface area contributed by atoms with Crippen LogP contribution in [0.15, 0.2) is 18.2 Å². The van der Waals surface area contributed by atoms with Crippen molar-refractivity contribution in [2.75, 3.05) is 0 Å². The van der Waals surface area contributed by atoms with Crippen molar-refractivity contribution in [3.63, 3.8) is 0 Å². The average molecular weight is 294 g/mol. The molecule has 18 heavy (non-hydrogen) atoms. The molecule has 0 aliphatic rings. The van der Waals surface area contributed by atoms with E-state index in [0.717, 1.165) is 0 Å². The molecule has 0 aliphatic heterocycles. The van der Waals surface area contributed by atoms with Crippen molar-refractivity contribution in [1.29, 1.82) is 0 Å². The first-order valence-electron chi connectivity index (χ1n) is 4.17. The molecule has 0 aliphatic carbocycles. The molecule has 0 saturated carbocycles. The molecule has 2 N–H and O–H groups in total. The van der Waals surface area contributed by atoms with E-state index in [2.05, 4.69) is 0 Å². The number of aromatic hydroxyl groups is 2. The lowest BCUT2D eigenvalue weighted by Crippen LogP contribution is -2.30. The zero-order chi connectivity index (χ0) is 14.4. The molecule has 0 bridgehead atoms. The Morgan fingerprint density at radius 2 is 1.39 bits per heavy atom. The first-order valence-corrected chi connectivity index (χ1v) is 5.88. The predicted octanol–water partition coefficient (Wildman–Crippen LogP) is 3.13. The molecule has 0 aromatic heterocycles. The van der Waals surface area contributed by atoms with Crippen molar-refractivity contribution in [1.82, 2.24) is 0 Å². The normalized spacial score (nSPS) is 13.7. The maximum atomic E-state index is 12.4. The van der Waals surface area contributed by atoms with Gasteiger partial charge in [-0.05, 0) is 12.1 Å². The van der Waals surface area contributed by atoms with Crippen LogP contribution in [0.4, 0.5) is 26.3 Å². The van der Waals surface area contributed by atoms with Gasteiger partial charge in [0.1, 0.15) is 11.5 Å². The summed E-state index contributed by atoms with van der Waals surface area (Å²) in [6.45, 7) is 0. The number of alkyl halides is 6. The van der Waals surface area contributed by atoms with Gasteiger partial charge >= 0.3 is 19.0 Å². The van der Waals surface area contributed by atoms with Gasteiger partial charge in [-0.1, -0.05) is 0 Å². The number of hydrogen-bond acceptors (Lipinski definition) is 3. The fourth-order valence-corrected chi connectivity index (χ4v) is 2.70. The number of benzene rings is 1. The Bertz CT molecular complexity index is 489.